The molecule has 1 N–H and O–H groups in total. The minimum Gasteiger partial charge on any atom is -0.283 e. The topological polar surface area (TPSA) is 106 Å². The molecule has 0 aliphatic heterocycles. The van der Waals surface area contributed by atoms with E-state index < -0.39 is 28.0 Å². The van der Waals surface area contributed by atoms with Crippen molar-refractivity contribution in [2.45, 2.75) is 11.8 Å². The Morgan fingerprint density at radius 1 is 1.03 bits per heavy atom. The first-order valence-corrected chi connectivity index (χ1v) is 13.4. The smallest absolute Gasteiger partial charge is 0.283 e. The van der Waals surface area contributed by atoms with Crippen LogP contribution in [0.15, 0.2) is 104 Å². The van der Waals surface area contributed by atoms with Gasteiger partial charge in [-0.2, -0.15) is 5.10 Å². The number of para-hydroxylation sites is 1. The number of sulfonamides is 1. The molecule has 9 nitrogen and oxygen atoms in total. The highest BCUT2D eigenvalue weighted by Gasteiger charge is 2.33. The van der Waals surface area contributed by atoms with Crippen molar-refractivity contribution < 1.29 is 13.2 Å². The number of carbonyl (C=O) groups is 1. The summed E-state index contributed by atoms with van der Waals surface area (Å²) in [7, 11) is -2.62. The standard InChI is InChI=1S/C26H24BrN5O4S/c1-19-25(26(34)32(30(19)2)22-12-5-3-6-13-22)31(37(35,36)23-14-7-4-8-15-23)18-24(33)29-28-17-20-10-9-11-21(27)16-20/h3-17H,18H2,1-2H3,(H,29,33)/b28-17-. The van der Waals surface area contributed by atoms with E-state index >= 15 is 0 Å². The fourth-order valence-electron chi connectivity index (χ4n) is 3.78. The molecular weight excluding hydrogens is 558 g/mol. The lowest BCUT2D eigenvalue weighted by Crippen LogP contribution is -2.42. The lowest BCUT2D eigenvalue weighted by Gasteiger charge is -2.22. The minimum absolute atomic E-state index is 0.0469. The largest absolute Gasteiger partial charge is 0.296 e. The maximum Gasteiger partial charge on any atom is 0.296 e. The van der Waals surface area contributed by atoms with Crippen LogP contribution in [-0.2, 0) is 21.9 Å². The molecule has 0 bridgehead atoms. The third-order valence-electron chi connectivity index (χ3n) is 5.64. The van der Waals surface area contributed by atoms with E-state index in [2.05, 4.69) is 26.5 Å². The number of anilines is 1. The van der Waals surface area contributed by atoms with E-state index in [0.717, 1.165) is 14.3 Å². The molecule has 0 fully saturated rings. The molecule has 1 aromatic heterocycles. The second-order valence-electron chi connectivity index (χ2n) is 8.08. The van der Waals surface area contributed by atoms with Crippen molar-refractivity contribution in [2.24, 2.45) is 12.1 Å². The molecule has 190 valence electrons. The van der Waals surface area contributed by atoms with Gasteiger partial charge in [-0.05, 0) is 48.9 Å². The zero-order valence-corrected chi connectivity index (χ0v) is 22.5. The monoisotopic (exact) mass is 581 g/mol. The van der Waals surface area contributed by atoms with E-state index in [1.807, 2.05) is 18.2 Å². The van der Waals surface area contributed by atoms with E-state index in [4.69, 9.17) is 0 Å². The van der Waals surface area contributed by atoms with Gasteiger partial charge in [-0.1, -0.05) is 64.5 Å². The first-order chi connectivity index (χ1) is 17.7. The van der Waals surface area contributed by atoms with Gasteiger partial charge in [-0.15, -0.1) is 0 Å². The molecule has 0 saturated carbocycles. The Hall–Kier alpha value is -3.96. The molecule has 0 atom stereocenters. The Kier molecular flexibility index (Phi) is 7.74. The fraction of sp³-hybridized carbons (Fsp3) is 0.115. The fourth-order valence-corrected chi connectivity index (χ4v) is 5.69. The molecular formula is C26H24BrN5O4S. The highest BCUT2D eigenvalue weighted by Crippen LogP contribution is 2.25. The average Bonchev–Trinajstić information content (AvgIpc) is 3.11. The van der Waals surface area contributed by atoms with Gasteiger partial charge in [0, 0.05) is 11.5 Å². The van der Waals surface area contributed by atoms with E-state index in [0.29, 0.717) is 11.4 Å². The first-order valence-electron chi connectivity index (χ1n) is 11.2. The lowest BCUT2D eigenvalue weighted by molar-refractivity contribution is -0.119. The zero-order valence-electron chi connectivity index (χ0n) is 20.1. The number of rotatable bonds is 8. The Bertz CT molecular complexity index is 1610. The maximum absolute atomic E-state index is 13.7. The van der Waals surface area contributed by atoms with Crippen LogP contribution >= 0.6 is 15.9 Å². The third-order valence-corrected chi connectivity index (χ3v) is 7.90. The molecule has 0 aliphatic carbocycles. The van der Waals surface area contributed by atoms with Gasteiger partial charge in [-0.3, -0.25) is 14.3 Å². The minimum atomic E-state index is -4.27. The zero-order chi connectivity index (χ0) is 26.6. The van der Waals surface area contributed by atoms with E-state index in [1.165, 1.54) is 23.0 Å². The van der Waals surface area contributed by atoms with Gasteiger partial charge in [-0.25, -0.2) is 22.8 Å². The van der Waals surface area contributed by atoms with Gasteiger partial charge in [0.2, 0.25) is 0 Å². The summed E-state index contributed by atoms with van der Waals surface area (Å²) in [6, 6.07) is 23.8. The summed E-state index contributed by atoms with van der Waals surface area (Å²) in [5, 5.41) is 3.94. The highest BCUT2D eigenvalue weighted by atomic mass is 79.9. The van der Waals surface area contributed by atoms with Gasteiger partial charge < -0.3 is 0 Å². The predicted octanol–water partition coefficient (Wildman–Crippen LogP) is 3.59. The average molecular weight is 582 g/mol. The first kappa shape index (κ1) is 26.1. The van der Waals surface area contributed by atoms with Crippen molar-refractivity contribution in [1.82, 2.24) is 14.8 Å². The Morgan fingerprint density at radius 3 is 2.32 bits per heavy atom. The van der Waals surface area contributed by atoms with Crippen LogP contribution in [0, 0.1) is 6.92 Å². The molecule has 1 amide bonds. The molecule has 4 aromatic rings. The Morgan fingerprint density at radius 2 is 1.68 bits per heavy atom. The lowest BCUT2D eigenvalue weighted by atomic mass is 10.2. The van der Waals surface area contributed by atoms with E-state index in [9.17, 15) is 18.0 Å². The molecule has 0 unspecified atom stereocenters. The molecule has 0 radical (unpaired) electrons. The number of carbonyl (C=O) groups excluding carboxylic acids is 1. The van der Waals surface area contributed by atoms with Crippen LogP contribution in [0.25, 0.3) is 5.69 Å². The molecule has 11 heteroatoms. The summed E-state index contributed by atoms with van der Waals surface area (Å²) in [6.07, 6.45) is 1.44. The molecule has 1 heterocycles. The van der Waals surface area contributed by atoms with E-state index in [1.54, 1.807) is 73.3 Å². The number of amides is 1. The summed E-state index contributed by atoms with van der Waals surface area (Å²) in [4.78, 5) is 26.5. The van der Waals surface area contributed by atoms with Crippen LogP contribution in [-0.4, -0.2) is 36.4 Å². The molecule has 37 heavy (non-hydrogen) atoms. The van der Waals surface area contributed by atoms with Crippen LogP contribution in [0.2, 0.25) is 0 Å². The highest BCUT2D eigenvalue weighted by molar-refractivity contribution is 9.10. The van der Waals surface area contributed by atoms with Gasteiger partial charge in [0.05, 0.1) is 22.5 Å². The number of nitrogens with one attached hydrogen (secondary N) is 1. The maximum atomic E-state index is 13.7. The summed E-state index contributed by atoms with van der Waals surface area (Å²) in [5.74, 6) is -0.709. The van der Waals surface area contributed by atoms with Crippen LogP contribution in [0.5, 0.6) is 0 Å². The summed E-state index contributed by atoms with van der Waals surface area (Å²) >= 11 is 3.37. The van der Waals surface area contributed by atoms with Crippen LogP contribution in [0.1, 0.15) is 11.3 Å². The number of hydrazone groups is 1. The SMILES string of the molecule is Cc1c(N(CC(=O)N/N=C\c2cccc(Br)c2)S(=O)(=O)c2ccccc2)c(=O)n(-c2ccccc2)n1C. The van der Waals surface area contributed by atoms with Crippen molar-refractivity contribution in [3.63, 3.8) is 0 Å². The second kappa shape index (κ2) is 11.0. The Balaban J connectivity index is 1.74. The van der Waals surface area contributed by atoms with Gasteiger partial charge in [0.1, 0.15) is 12.2 Å². The van der Waals surface area contributed by atoms with Gasteiger partial charge in [0.25, 0.3) is 21.5 Å². The van der Waals surface area contributed by atoms with Crippen LogP contribution in [0.4, 0.5) is 5.69 Å². The predicted molar refractivity (Wildman–Crippen MR) is 147 cm³/mol. The van der Waals surface area contributed by atoms with Gasteiger partial charge in [0.15, 0.2) is 0 Å². The number of hydrogen-bond donors (Lipinski definition) is 1. The number of hydrogen-bond acceptors (Lipinski definition) is 5. The molecule has 0 spiro atoms. The van der Waals surface area contributed by atoms with Crippen molar-refractivity contribution in [2.75, 3.05) is 10.8 Å². The van der Waals surface area contributed by atoms with Gasteiger partial charge >= 0.3 is 0 Å². The number of halogens is 1. The molecule has 0 aliphatic rings. The normalized spacial score (nSPS) is 11.5. The third kappa shape index (κ3) is 5.57. The van der Waals surface area contributed by atoms with Crippen molar-refractivity contribution in [1.29, 1.82) is 0 Å². The second-order valence-corrected chi connectivity index (χ2v) is 10.9. The van der Waals surface area contributed by atoms with Crippen molar-refractivity contribution in [3.05, 3.63) is 111 Å². The summed E-state index contributed by atoms with van der Waals surface area (Å²) in [6.45, 7) is 0.981. The number of benzene rings is 3. The van der Waals surface area contributed by atoms with Crippen molar-refractivity contribution in [3.8, 4) is 5.69 Å². The van der Waals surface area contributed by atoms with Crippen molar-refractivity contribution >= 4 is 43.8 Å². The quantitative estimate of drug-likeness (QED) is 0.253. The molecule has 4 rings (SSSR count). The number of aromatic nitrogens is 2. The van der Waals surface area contributed by atoms with E-state index in [-0.39, 0.29) is 10.6 Å². The molecule has 3 aromatic carbocycles. The Labute approximate surface area is 222 Å². The molecule has 0 saturated heterocycles. The number of nitrogens with zero attached hydrogens (tertiary/aromatic N) is 4. The summed E-state index contributed by atoms with van der Waals surface area (Å²) in [5.41, 5.74) is 3.33. The van der Waals surface area contributed by atoms with Crippen LogP contribution < -0.4 is 15.3 Å². The van der Waals surface area contributed by atoms with Crippen LogP contribution in [0.3, 0.4) is 0 Å². The summed E-state index contributed by atoms with van der Waals surface area (Å²) < 4.78 is 32.0.